The largest absolute Gasteiger partial charge is 0.393 e. The van der Waals surface area contributed by atoms with Gasteiger partial charge in [0.1, 0.15) is 0 Å². The average molecular weight is 290 g/mol. The lowest BCUT2D eigenvalue weighted by atomic mass is 10.1. The SMILES string of the molecule is CS(=O)(=O)c1cc(Cl)ccc1N1CCC(O)CC1. The first-order valence-electron chi connectivity index (χ1n) is 5.80. The van der Waals surface area contributed by atoms with Gasteiger partial charge in [-0.3, -0.25) is 0 Å². The van der Waals surface area contributed by atoms with Crippen molar-refractivity contribution >= 4 is 27.1 Å². The van der Waals surface area contributed by atoms with Crippen LogP contribution in [-0.4, -0.2) is 39.0 Å². The molecule has 1 aromatic rings. The minimum atomic E-state index is -3.31. The van der Waals surface area contributed by atoms with Gasteiger partial charge in [-0.25, -0.2) is 8.42 Å². The standard InChI is InChI=1S/C12H16ClNO3S/c1-18(16,17)12-8-9(13)2-3-11(12)14-6-4-10(15)5-7-14/h2-3,8,10,15H,4-7H2,1H3. The van der Waals surface area contributed by atoms with E-state index >= 15 is 0 Å². The molecule has 4 nitrogen and oxygen atoms in total. The first kappa shape index (κ1) is 13.6. The quantitative estimate of drug-likeness (QED) is 0.900. The molecule has 100 valence electrons. The fraction of sp³-hybridized carbons (Fsp3) is 0.500. The zero-order valence-corrected chi connectivity index (χ0v) is 11.7. The molecular formula is C12H16ClNO3S. The molecule has 1 aliphatic rings. The lowest BCUT2D eigenvalue weighted by molar-refractivity contribution is 0.145. The van der Waals surface area contributed by atoms with E-state index in [0.29, 0.717) is 36.6 Å². The van der Waals surface area contributed by atoms with E-state index in [1.54, 1.807) is 12.1 Å². The Morgan fingerprint density at radius 2 is 1.94 bits per heavy atom. The second kappa shape index (κ2) is 5.07. The number of benzene rings is 1. The molecule has 0 aromatic heterocycles. The highest BCUT2D eigenvalue weighted by Crippen LogP contribution is 2.30. The Hall–Kier alpha value is -0.780. The summed E-state index contributed by atoms with van der Waals surface area (Å²) in [6.45, 7) is 1.32. The first-order chi connectivity index (χ1) is 8.38. The Labute approximate surface area is 112 Å². The zero-order chi connectivity index (χ0) is 13.3. The minimum absolute atomic E-state index is 0.256. The van der Waals surface area contributed by atoms with Crippen molar-refractivity contribution in [2.24, 2.45) is 0 Å². The Kier molecular flexibility index (Phi) is 3.84. The maximum Gasteiger partial charge on any atom is 0.177 e. The second-order valence-electron chi connectivity index (χ2n) is 4.60. The van der Waals surface area contributed by atoms with Gasteiger partial charge in [0.25, 0.3) is 0 Å². The summed E-state index contributed by atoms with van der Waals surface area (Å²) in [4.78, 5) is 2.24. The third-order valence-electron chi connectivity index (χ3n) is 3.13. The van der Waals surface area contributed by atoms with Crippen molar-refractivity contribution in [2.75, 3.05) is 24.2 Å². The van der Waals surface area contributed by atoms with Crippen LogP contribution < -0.4 is 4.90 Å². The molecule has 18 heavy (non-hydrogen) atoms. The summed E-state index contributed by atoms with van der Waals surface area (Å²) in [6.07, 6.45) is 2.22. The Bertz CT molecular complexity index is 536. The number of anilines is 1. The highest BCUT2D eigenvalue weighted by atomic mass is 35.5. The monoisotopic (exact) mass is 289 g/mol. The molecule has 0 saturated carbocycles. The van der Waals surface area contributed by atoms with Crippen molar-refractivity contribution in [2.45, 2.75) is 23.8 Å². The van der Waals surface area contributed by atoms with Gasteiger partial charge in [-0.05, 0) is 31.0 Å². The zero-order valence-electron chi connectivity index (χ0n) is 10.1. The third-order valence-corrected chi connectivity index (χ3v) is 4.49. The highest BCUT2D eigenvalue weighted by molar-refractivity contribution is 7.90. The van der Waals surface area contributed by atoms with Gasteiger partial charge in [-0.15, -0.1) is 0 Å². The van der Waals surface area contributed by atoms with E-state index in [9.17, 15) is 13.5 Å². The smallest absolute Gasteiger partial charge is 0.177 e. The maximum atomic E-state index is 11.8. The van der Waals surface area contributed by atoms with E-state index in [1.165, 1.54) is 12.3 Å². The van der Waals surface area contributed by atoms with Crippen LogP contribution in [0.15, 0.2) is 23.1 Å². The topological polar surface area (TPSA) is 57.6 Å². The number of aliphatic hydroxyl groups is 1. The van der Waals surface area contributed by atoms with Crippen LogP contribution in [0.25, 0.3) is 0 Å². The number of halogens is 1. The second-order valence-corrected chi connectivity index (χ2v) is 7.02. The van der Waals surface area contributed by atoms with Gasteiger partial charge in [-0.2, -0.15) is 0 Å². The lowest BCUT2D eigenvalue weighted by Crippen LogP contribution is -2.36. The van der Waals surface area contributed by atoms with E-state index in [2.05, 4.69) is 0 Å². The van der Waals surface area contributed by atoms with Gasteiger partial charge in [0, 0.05) is 24.4 Å². The van der Waals surface area contributed by atoms with Crippen LogP contribution in [-0.2, 0) is 9.84 Å². The number of hydrogen-bond acceptors (Lipinski definition) is 4. The fourth-order valence-corrected chi connectivity index (χ4v) is 3.31. The van der Waals surface area contributed by atoms with E-state index in [4.69, 9.17) is 11.6 Å². The summed E-state index contributed by atoms with van der Waals surface area (Å²) >= 11 is 5.86. The van der Waals surface area contributed by atoms with Gasteiger partial charge >= 0.3 is 0 Å². The van der Waals surface area contributed by atoms with Crippen LogP contribution >= 0.6 is 11.6 Å². The molecule has 0 spiro atoms. The Morgan fingerprint density at radius 1 is 1.33 bits per heavy atom. The molecule has 6 heteroatoms. The molecule has 0 atom stereocenters. The van der Waals surface area contributed by atoms with Crippen LogP contribution in [0.2, 0.25) is 5.02 Å². The van der Waals surface area contributed by atoms with Crippen molar-refractivity contribution in [1.82, 2.24) is 0 Å². The summed E-state index contributed by atoms with van der Waals surface area (Å²) < 4.78 is 23.6. The number of rotatable bonds is 2. The molecule has 0 unspecified atom stereocenters. The fourth-order valence-electron chi connectivity index (χ4n) is 2.15. The van der Waals surface area contributed by atoms with Crippen molar-refractivity contribution in [3.63, 3.8) is 0 Å². The van der Waals surface area contributed by atoms with Crippen molar-refractivity contribution < 1.29 is 13.5 Å². The molecule has 2 rings (SSSR count). The summed E-state index contributed by atoms with van der Waals surface area (Å²) in [7, 11) is -3.31. The molecule has 0 bridgehead atoms. The highest BCUT2D eigenvalue weighted by Gasteiger charge is 2.22. The third kappa shape index (κ3) is 2.96. The molecule has 1 fully saturated rings. The molecule has 0 aliphatic carbocycles. The summed E-state index contributed by atoms with van der Waals surface area (Å²) in [5, 5.41) is 9.89. The predicted molar refractivity (Wildman–Crippen MR) is 72.0 cm³/mol. The van der Waals surface area contributed by atoms with Crippen LogP contribution in [0, 0.1) is 0 Å². The minimum Gasteiger partial charge on any atom is -0.393 e. The van der Waals surface area contributed by atoms with Crippen molar-refractivity contribution in [3.8, 4) is 0 Å². The number of nitrogens with zero attached hydrogens (tertiary/aromatic N) is 1. The Balaban J connectivity index is 2.39. The number of hydrogen-bond donors (Lipinski definition) is 1. The van der Waals surface area contributed by atoms with Gasteiger partial charge < -0.3 is 10.0 Å². The summed E-state index contributed by atoms with van der Waals surface area (Å²) in [5.41, 5.74) is 0.675. The van der Waals surface area contributed by atoms with E-state index in [1.807, 2.05) is 4.90 Å². The molecule has 0 radical (unpaired) electrons. The average Bonchev–Trinajstić information content (AvgIpc) is 2.29. The lowest BCUT2D eigenvalue weighted by Gasteiger charge is -2.32. The van der Waals surface area contributed by atoms with E-state index in [0.717, 1.165) is 0 Å². The van der Waals surface area contributed by atoms with Gasteiger partial charge in [0.15, 0.2) is 9.84 Å². The van der Waals surface area contributed by atoms with Crippen LogP contribution in [0.1, 0.15) is 12.8 Å². The number of sulfone groups is 1. The van der Waals surface area contributed by atoms with Gasteiger partial charge in [0.05, 0.1) is 16.7 Å². The molecular weight excluding hydrogens is 274 g/mol. The first-order valence-corrected chi connectivity index (χ1v) is 8.07. The van der Waals surface area contributed by atoms with E-state index in [-0.39, 0.29) is 11.0 Å². The normalized spacial score (nSPS) is 18.1. The van der Waals surface area contributed by atoms with Crippen molar-refractivity contribution in [3.05, 3.63) is 23.2 Å². The Morgan fingerprint density at radius 3 is 2.50 bits per heavy atom. The molecule has 1 saturated heterocycles. The number of piperidine rings is 1. The van der Waals surface area contributed by atoms with Crippen LogP contribution in [0.5, 0.6) is 0 Å². The summed E-state index contributed by atoms with van der Waals surface area (Å²) in [6, 6.07) is 4.91. The summed E-state index contributed by atoms with van der Waals surface area (Å²) in [5.74, 6) is 0. The molecule has 0 amide bonds. The van der Waals surface area contributed by atoms with Crippen LogP contribution in [0.3, 0.4) is 0 Å². The number of aliphatic hydroxyl groups excluding tert-OH is 1. The molecule has 1 N–H and O–H groups in total. The maximum absolute atomic E-state index is 11.8. The predicted octanol–water partition coefficient (Wildman–Crippen LogP) is 1.70. The van der Waals surface area contributed by atoms with Gasteiger partial charge in [-0.1, -0.05) is 11.6 Å². The van der Waals surface area contributed by atoms with Crippen molar-refractivity contribution in [1.29, 1.82) is 0 Å². The molecule has 1 aliphatic heterocycles. The van der Waals surface area contributed by atoms with Gasteiger partial charge in [0.2, 0.25) is 0 Å². The van der Waals surface area contributed by atoms with E-state index < -0.39 is 9.84 Å². The van der Waals surface area contributed by atoms with Crippen LogP contribution in [0.4, 0.5) is 5.69 Å². The molecule has 1 heterocycles. The molecule has 1 aromatic carbocycles.